The van der Waals surface area contributed by atoms with Crippen LogP contribution in [0.4, 0.5) is 5.82 Å². The molecule has 1 aromatic carbocycles. The van der Waals surface area contributed by atoms with Gasteiger partial charge in [-0.05, 0) is 49.2 Å². The highest BCUT2D eigenvalue weighted by molar-refractivity contribution is 7.89. The van der Waals surface area contributed by atoms with Crippen molar-refractivity contribution in [2.45, 2.75) is 17.7 Å². The van der Waals surface area contributed by atoms with Gasteiger partial charge in [0.1, 0.15) is 11.6 Å². The van der Waals surface area contributed by atoms with Crippen LogP contribution < -0.4 is 9.64 Å². The standard InChI is InChI=1S/C22H28N4O4S/c1-30-19-7-9-20(10-8-19)31(28,29)26-12-4-5-18(17-26)22(27)25-15-13-24(14-16-25)21-6-2-3-11-23-21/h2-3,6-11,18H,4-5,12-17H2,1H3/t18-/m1/s1. The molecule has 0 saturated carbocycles. The molecule has 2 aromatic rings. The van der Waals surface area contributed by atoms with Crippen molar-refractivity contribution < 1.29 is 17.9 Å². The van der Waals surface area contributed by atoms with E-state index in [0.29, 0.717) is 38.2 Å². The molecule has 3 heterocycles. The SMILES string of the molecule is COc1ccc(S(=O)(=O)N2CCC[C@@H](C(=O)N3CCN(c4ccccn4)CC3)C2)cc1. The maximum Gasteiger partial charge on any atom is 0.243 e. The van der Waals surface area contributed by atoms with Crippen LogP contribution in [0.2, 0.25) is 0 Å². The first-order valence-corrected chi connectivity index (χ1v) is 12.0. The van der Waals surface area contributed by atoms with Crippen molar-refractivity contribution in [3.05, 3.63) is 48.7 Å². The number of carbonyl (C=O) groups excluding carboxylic acids is 1. The van der Waals surface area contributed by atoms with E-state index >= 15 is 0 Å². The van der Waals surface area contributed by atoms with Gasteiger partial charge in [0.05, 0.1) is 17.9 Å². The Morgan fingerprint density at radius 2 is 1.77 bits per heavy atom. The number of anilines is 1. The van der Waals surface area contributed by atoms with Gasteiger partial charge in [0.2, 0.25) is 15.9 Å². The van der Waals surface area contributed by atoms with E-state index in [4.69, 9.17) is 4.74 Å². The van der Waals surface area contributed by atoms with E-state index in [1.165, 1.54) is 4.31 Å². The molecule has 9 heteroatoms. The minimum Gasteiger partial charge on any atom is -0.497 e. The predicted octanol–water partition coefficient (Wildman–Crippen LogP) is 1.84. The summed E-state index contributed by atoms with van der Waals surface area (Å²) in [5.74, 6) is 1.28. The second-order valence-electron chi connectivity index (χ2n) is 7.88. The molecule has 0 N–H and O–H groups in total. The first-order chi connectivity index (χ1) is 15.0. The number of piperazine rings is 1. The second-order valence-corrected chi connectivity index (χ2v) is 9.82. The van der Waals surface area contributed by atoms with Crippen LogP contribution in [0.5, 0.6) is 5.75 Å². The molecule has 0 spiro atoms. The molecule has 2 fully saturated rings. The fourth-order valence-corrected chi connectivity index (χ4v) is 5.74. The summed E-state index contributed by atoms with van der Waals surface area (Å²) < 4.78 is 32.7. The Balaban J connectivity index is 1.38. The summed E-state index contributed by atoms with van der Waals surface area (Å²) in [5.41, 5.74) is 0. The summed E-state index contributed by atoms with van der Waals surface area (Å²) in [7, 11) is -2.10. The van der Waals surface area contributed by atoms with Crippen molar-refractivity contribution in [1.82, 2.24) is 14.2 Å². The summed E-state index contributed by atoms with van der Waals surface area (Å²) in [6, 6.07) is 12.2. The number of rotatable bonds is 5. The monoisotopic (exact) mass is 444 g/mol. The third-order valence-corrected chi connectivity index (χ3v) is 7.87. The number of aromatic nitrogens is 1. The number of nitrogens with zero attached hydrogens (tertiary/aromatic N) is 4. The predicted molar refractivity (Wildman–Crippen MR) is 118 cm³/mol. The quantitative estimate of drug-likeness (QED) is 0.700. The third-order valence-electron chi connectivity index (χ3n) is 6.00. The fourth-order valence-electron chi connectivity index (χ4n) is 4.21. The van der Waals surface area contributed by atoms with E-state index in [0.717, 1.165) is 18.9 Å². The van der Waals surface area contributed by atoms with Gasteiger partial charge in [-0.15, -0.1) is 0 Å². The largest absolute Gasteiger partial charge is 0.497 e. The lowest BCUT2D eigenvalue weighted by atomic mass is 9.98. The maximum absolute atomic E-state index is 13.1. The molecule has 1 amide bonds. The molecule has 166 valence electrons. The Morgan fingerprint density at radius 3 is 2.42 bits per heavy atom. The zero-order valence-corrected chi connectivity index (χ0v) is 18.5. The van der Waals surface area contributed by atoms with Crippen molar-refractivity contribution in [2.75, 3.05) is 51.3 Å². The van der Waals surface area contributed by atoms with E-state index in [9.17, 15) is 13.2 Å². The lowest BCUT2D eigenvalue weighted by Crippen LogP contribution is -2.53. The molecule has 0 radical (unpaired) electrons. The highest BCUT2D eigenvalue weighted by atomic mass is 32.2. The molecular formula is C22H28N4O4S. The van der Waals surface area contributed by atoms with Crippen LogP contribution in [0.15, 0.2) is 53.6 Å². The van der Waals surface area contributed by atoms with Crippen molar-refractivity contribution in [3.63, 3.8) is 0 Å². The highest BCUT2D eigenvalue weighted by Gasteiger charge is 2.36. The molecule has 0 unspecified atom stereocenters. The lowest BCUT2D eigenvalue weighted by Gasteiger charge is -2.39. The van der Waals surface area contributed by atoms with Gasteiger partial charge in [0.25, 0.3) is 0 Å². The molecule has 2 saturated heterocycles. The maximum atomic E-state index is 13.1. The van der Waals surface area contributed by atoms with E-state index in [1.807, 2.05) is 23.1 Å². The molecule has 0 aliphatic carbocycles. The minimum atomic E-state index is -3.64. The second kappa shape index (κ2) is 9.23. The van der Waals surface area contributed by atoms with Crippen LogP contribution in [0.25, 0.3) is 0 Å². The van der Waals surface area contributed by atoms with Crippen molar-refractivity contribution >= 4 is 21.7 Å². The van der Waals surface area contributed by atoms with Crippen LogP contribution in [-0.4, -0.2) is 74.9 Å². The first-order valence-electron chi connectivity index (χ1n) is 10.6. The number of pyridine rings is 1. The van der Waals surface area contributed by atoms with E-state index < -0.39 is 10.0 Å². The van der Waals surface area contributed by atoms with Crippen LogP contribution in [0.3, 0.4) is 0 Å². The highest BCUT2D eigenvalue weighted by Crippen LogP contribution is 2.26. The van der Waals surface area contributed by atoms with Gasteiger partial charge in [0, 0.05) is 45.5 Å². The molecule has 1 aromatic heterocycles. The van der Waals surface area contributed by atoms with E-state index in [1.54, 1.807) is 37.6 Å². The number of carbonyl (C=O) groups is 1. The average Bonchev–Trinajstić information content (AvgIpc) is 2.84. The Kier molecular flexibility index (Phi) is 6.43. The number of benzene rings is 1. The Bertz CT molecular complexity index is 990. The van der Waals surface area contributed by atoms with Crippen molar-refractivity contribution in [3.8, 4) is 5.75 Å². The zero-order chi connectivity index (χ0) is 21.8. The van der Waals surface area contributed by atoms with Gasteiger partial charge in [-0.25, -0.2) is 13.4 Å². The number of hydrogen-bond donors (Lipinski definition) is 0. The molecule has 2 aliphatic rings. The lowest BCUT2D eigenvalue weighted by molar-refractivity contribution is -0.137. The van der Waals surface area contributed by atoms with Crippen LogP contribution in [0.1, 0.15) is 12.8 Å². The number of amides is 1. The molecule has 1 atom stereocenters. The van der Waals surface area contributed by atoms with Gasteiger partial charge in [0.15, 0.2) is 0 Å². The Morgan fingerprint density at radius 1 is 1.03 bits per heavy atom. The molecule has 4 rings (SSSR count). The van der Waals surface area contributed by atoms with Gasteiger partial charge in [-0.2, -0.15) is 4.31 Å². The average molecular weight is 445 g/mol. The fraction of sp³-hybridized carbons (Fsp3) is 0.455. The third kappa shape index (κ3) is 4.67. The summed E-state index contributed by atoms with van der Waals surface area (Å²) in [5, 5.41) is 0. The van der Waals surface area contributed by atoms with Crippen LogP contribution in [-0.2, 0) is 14.8 Å². The van der Waals surface area contributed by atoms with E-state index in [-0.39, 0.29) is 23.3 Å². The molecule has 8 nitrogen and oxygen atoms in total. The Hall–Kier alpha value is -2.65. The molecular weight excluding hydrogens is 416 g/mol. The Labute approximate surface area is 183 Å². The summed E-state index contributed by atoms with van der Waals surface area (Å²) in [6.45, 7) is 3.36. The summed E-state index contributed by atoms with van der Waals surface area (Å²) in [6.07, 6.45) is 3.17. The normalized spacial score (nSPS) is 20.5. The van der Waals surface area contributed by atoms with Gasteiger partial charge in [-0.3, -0.25) is 4.79 Å². The smallest absolute Gasteiger partial charge is 0.243 e. The summed E-state index contributed by atoms with van der Waals surface area (Å²) >= 11 is 0. The topological polar surface area (TPSA) is 83.0 Å². The number of methoxy groups -OCH3 is 1. The van der Waals surface area contributed by atoms with E-state index in [2.05, 4.69) is 9.88 Å². The van der Waals surface area contributed by atoms with Gasteiger partial charge >= 0.3 is 0 Å². The number of ether oxygens (including phenoxy) is 1. The number of hydrogen-bond acceptors (Lipinski definition) is 6. The van der Waals surface area contributed by atoms with Crippen molar-refractivity contribution in [1.29, 1.82) is 0 Å². The van der Waals surface area contributed by atoms with Gasteiger partial charge < -0.3 is 14.5 Å². The molecule has 31 heavy (non-hydrogen) atoms. The van der Waals surface area contributed by atoms with Crippen LogP contribution >= 0.6 is 0 Å². The van der Waals surface area contributed by atoms with Crippen molar-refractivity contribution in [2.24, 2.45) is 5.92 Å². The molecule has 2 aliphatic heterocycles. The molecule has 0 bridgehead atoms. The zero-order valence-electron chi connectivity index (χ0n) is 17.7. The van der Waals surface area contributed by atoms with Gasteiger partial charge in [-0.1, -0.05) is 6.07 Å². The van der Waals surface area contributed by atoms with Crippen LogP contribution in [0, 0.1) is 5.92 Å². The number of piperidine rings is 1. The summed E-state index contributed by atoms with van der Waals surface area (Å²) in [4.78, 5) is 21.8. The first kappa shape index (κ1) is 21.6. The number of sulfonamides is 1. The minimum absolute atomic E-state index is 0.0512.